The molecule has 172 valence electrons. The summed E-state index contributed by atoms with van der Waals surface area (Å²) in [6, 6.07) is 12.5. The largest absolute Gasteiger partial charge is 0.379 e. The van der Waals surface area contributed by atoms with Gasteiger partial charge in [0, 0.05) is 38.8 Å². The summed E-state index contributed by atoms with van der Waals surface area (Å²) < 4.78 is 6.63. The molecule has 4 heterocycles. The highest BCUT2D eigenvalue weighted by molar-refractivity contribution is 7.22. The first-order valence-corrected chi connectivity index (χ1v) is 12.1. The van der Waals surface area contributed by atoms with E-state index in [1.807, 2.05) is 23.1 Å². The van der Waals surface area contributed by atoms with Gasteiger partial charge in [0.25, 0.3) is 0 Å². The quantitative estimate of drug-likeness (QED) is 0.518. The highest BCUT2D eigenvalue weighted by Gasteiger charge is 2.25. The number of carbonyl (C=O) groups excluding carboxylic acids is 1. The Hall–Kier alpha value is -3.01. The third-order valence-corrected chi connectivity index (χ3v) is 6.90. The molecule has 3 aromatic rings. The summed E-state index contributed by atoms with van der Waals surface area (Å²) in [7, 11) is 0. The monoisotopic (exact) mass is 464 g/mol. The number of anilines is 3. The van der Waals surface area contributed by atoms with Crippen molar-refractivity contribution in [3.8, 4) is 0 Å². The molecule has 2 fully saturated rings. The summed E-state index contributed by atoms with van der Waals surface area (Å²) in [6.45, 7) is 9.19. The van der Waals surface area contributed by atoms with Gasteiger partial charge in [-0.05, 0) is 42.3 Å². The van der Waals surface area contributed by atoms with E-state index < -0.39 is 0 Å². The minimum atomic E-state index is -0.0217. The van der Waals surface area contributed by atoms with Crippen LogP contribution in [0.5, 0.6) is 0 Å². The standard InChI is InChI=1S/C24H28N6O2S/c1-2-23(31)30-8-7-18(16-30)25-21-13-17(15-29-9-11-32-12-10-29)14-22(27-21)28-24-26-19-5-3-4-6-20(19)33-24/h2-6,13-14,18H,1,7-12,15-16H2,(H2,25,26,27,28)/t18-/m0/s1. The van der Waals surface area contributed by atoms with Crippen molar-refractivity contribution in [2.24, 2.45) is 0 Å². The van der Waals surface area contributed by atoms with Gasteiger partial charge >= 0.3 is 0 Å². The Kier molecular flexibility index (Phi) is 6.52. The van der Waals surface area contributed by atoms with Crippen LogP contribution in [-0.2, 0) is 16.1 Å². The molecule has 2 N–H and O–H groups in total. The topological polar surface area (TPSA) is 82.6 Å². The smallest absolute Gasteiger partial charge is 0.246 e. The molecule has 2 aliphatic heterocycles. The molecule has 5 rings (SSSR count). The Balaban J connectivity index is 1.36. The number of para-hydroxylation sites is 1. The van der Waals surface area contributed by atoms with Gasteiger partial charge in [-0.2, -0.15) is 0 Å². The molecule has 1 atom stereocenters. The van der Waals surface area contributed by atoms with E-state index in [2.05, 4.69) is 40.3 Å². The Morgan fingerprint density at radius 2 is 2.00 bits per heavy atom. The van der Waals surface area contributed by atoms with E-state index in [-0.39, 0.29) is 11.9 Å². The van der Waals surface area contributed by atoms with E-state index in [1.54, 1.807) is 11.3 Å². The number of benzene rings is 1. The van der Waals surface area contributed by atoms with Gasteiger partial charge in [0.1, 0.15) is 11.6 Å². The van der Waals surface area contributed by atoms with E-state index in [1.165, 1.54) is 11.6 Å². The molecule has 1 amide bonds. The highest BCUT2D eigenvalue weighted by atomic mass is 32.1. The predicted octanol–water partition coefficient (Wildman–Crippen LogP) is 3.47. The first-order chi connectivity index (χ1) is 16.2. The fraction of sp³-hybridized carbons (Fsp3) is 0.375. The summed E-state index contributed by atoms with van der Waals surface area (Å²) in [6.07, 6.45) is 2.26. The summed E-state index contributed by atoms with van der Waals surface area (Å²) >= 11 is 1.62. The molecule has 2 aliphatic rings. The highest BCUT2D eigenvalue weighted by Crippen LogP contribution is 2.29. The van der Waals surface area contributed by atoms with E-state index in [4.69, 9.17) is 14.7 Å². The molecule has 0 spiro atoms. The van der Waals surface area contributed by atoms with Crippen LogP contribution in [0, 0.1) is 0 Å². The van der Waals surface area contributed by atoms with Crippen LogP contribution in [0.25, 0.3) is 10.2 Å². The number of likely N-dealkylation sites (tertiary alicyclic amines) is 1. The Labute approximate surface area is 197 Å². The summed E-state index contributed by atoms with van der Waals surface area (Å²) in [5.74, 6) is 1.55. The number of hydrogen-bond acceptors (Lipinski definition) is 8. The second kappa shape index (κ2) is 9.86. The van der Waals surface area contributed by atoms with Crippen molar-refractivity contribution >= 4 is 44.2 Å². The molecule has 8 nitrogen and oxygen atoms in total. The number of fused-ring (bicyclic) bond motifs is 1. The molecule has 0 aliphatic carbocycles. The van der Waals surface area contributed by atoms with Crippen molar-refractivity contribution in [3.05, 3.63) is 54.6 Å². The predicted molar refractivity (Wildman–Crippen MR) is 132 cm³/mol. The van der Waals surface area contributed by atoms with Crippen molar-refractivity contribution in [1.29, 1.82) is 0 Å². The maximum Gasteiger partial charge on any atom is 0.246 e. The number of hydrogen-bond donors (Lipinski definition) is 2. The molecule has 2 saturated heterocycles. The van der Waals surface area contributed by atoms with Crippen LogP contribution in [-0.4, -0.2) is 71.1 Å². The van der Waals surface area contributed by atoms with Gasteiger partial charge in [-0.1, -0.05) is 30.0 Å². The molecule has 0 saturated carbocycles. The lowest BCUT2D eigenvalue weighted by Gasteiger charge is -2.27. The van der Waals surface area contributed by atoms with Gasteiger partial charge < -0.3 is 20.3 Å². The van der Waals surface area contributed by atoms with Crippen LogP contribution in [0.2, 0.25) is 0 Å². The number of amides is 1. The van der Waals surface area contributed by atoms with Crippen LogP contribution in [0.3, 0.4) is 0 Å². The van der Waals surface area contributed by atoms with Crippen molar-refractivity contribution in [3.63, 3.8) is 0 Å². The van der Waals surface area contributed by atoms with Crippen molar-refractivity contribution in [1.82, 2.24) is 19.8 Å². The average Bonchev–Trinajstić information content (AvgIpc) is 3.45. The van der Waals surface area contributed by atoms with Crippen LogP contribution < -0.4 is 10.6 Å². The number of pyridine rings is 1. The zero-order valence-electron chi connectivity index (χ0n) is 18.5. The fourth-order valence-electron chi connectivity index (χ4n) is 4.29. The molecular formula is C24H28N6O2S. The Bertz CT molecular complexity index is 1110. The number of thiazole rings is 1. The van der Waals surface area contributed by atoms with E-state index >= 15 is 0 Å². The Morgan fingerprint density at radius 1 is 1.18 bits per heavy atom. The number of ether oxygens (including phenoxy) is 1. The van der Waals surface area contributed by atoms with Crippen molar-refractivity contribution < 1.29 is 9.53 Å². The molecule has 33 heavy (non-hydrogen) atoms. The fourth-order valence-corrected chi connectivity index (χ4v) is 5.16. The second-order valence-corrected chi connectivity index (χ2v) is 9.40. The molecule has 9 heteroatoms. The molecular weight excluding hydrogens is 436 g/mol. The Morgan fingerprint density at radius 3 is 2.82 bits per heavy atom. The van der Waals surface area contributed by atoms with Crippen molar-refractivity contribution in [2.75, 3.05) is 50.0 Å². The molecule has 0 unspecified atom stereocenters. The zero-order chi connectivity index (χ0) is 22.6. The van der Waals surface area contributed by atoms with Crippen LogP contribution in [0.4, 0.5) is 16.8 Å². The molecule has 1 aromatic carbocycles. The summed E-state index contributed by atoms with van der Waals surface area (Å²) in [4.78, 5) is 25.7. The molecule has 0 bridgehead atoms. The lowest BCUT2D eigenvalue weighted by Crippen LogP contribution is -2.35. The third-order valence-electron chi connectivity index (χ3n) is 5.95. The second-order valence-electron chi connectivity index (χ2n) is 8.36. The number of aromatic nitrogens is 2. The summed E-state index contributed by atoms with van der Waals surface area (Å²) in [5.41, 5.74) is 2.15. The van der Waals surface area contributed by atoms with Gasteiger partial charge in [-0.25, -0.2) is 9.97 Å². The van der Waals surface area contributed by atoms with Crippen LogP contribution >= 0.6 is 11.3 Å². The van der Waals surface area contributed by atoms with Crippen LogP contribution in [0.15, 0.2) is 49.1 Å². The molecule has 2 aromatic heterocycles. The maximum atomic E-state index is 12.0. The SMILES string of the molecule is C=CC(=O)N1CC[C@H](Nc2cc(CN3CCOCC3)cc(Nc3nc4ccccc4s3)n2)C1. The normalized spacial score (nSPS) is 19.0. The third kappa shape index (κ3) is 5.32. The van der Waals surface area contributed by atoms with E-state index in [0.29, 0.717) is 6.54 Å². The zero-order valence-corrected chi connectivity index (χ0v) is 19.3. The van der Waals surface area contributed by atoms with Crippen molar-refractivity contribution in [2.45, 2.75) is 19.0 Å². The van der Waals surface area contributed by atoms with Gasteiger partial charge in [0.2, 0.25) is 5.91 Å². The van der Waals surface area contributed by atoms with E-state index in [0.717, 1.165) is 72.8 Å². The number of nitrogens with one attached hydrogen (secondary N) is 2. The number of nitrogens with zero attached hydrogens (tertiary/aromatic N) is 4. The lowest BCUT2D eigenvalue weighted by atomic mass is 10.2. The first kappa shape index (κ1) is 21.8. The number of carbonyl (C=O) groups is 1. The number of rotatable bonds is 7. The lowest BCUT2D eigenvalue weighted by molar-refractivity contribution is -0.125. The van der Waals surface area contributed by atoms with E-state index in [9.17, 15) is 4.79 Å². The van der Waals surface area contributed by atoms with Crippen LogP contribution in [0.1, 0.15) is 12.0 Å². The minimum Gasteiger partial charge on any atom is -0.379 e. The average molecular weight is 465 g/mol. The van der Waals surface area contributed by atoms with Gasteiger partial charge in [0.15, 0.2) is 5.13 Å². The van der Waals surface area contributed by atoms with Gasteiger partial charge in [0.05, 0.1) is 23.4 Å². The first-order valence-electron chi connectivity index (χ1n) is 11.3. The molecule has 0 radical (unpaired) electrons. The van der Waals surface area contributed by atoms with Gasteiger partial charge in [-0.15, -0.1) is 0 Å². The number of morpholine rings is 1. The minimum absolute atomic E-state index is 0.0217. The maximum absolute atomic E-state index is 12.0. The van der Waals surface area contributed by atoms with Gasteiger partial charge in [-0.3, -0.25) is 9.69 Å². The summed E-state index contributed by atoms with van der Waals surface area (Å²) in [5, 5.41) is 7.77.